The van der Waals surface area contributed by atoms with Gasteiger partial charge in [0.15, 0.2) is 0 Å². The zero-order valence-corrected chi connectivity index (χ0v) is 17.0. The van der Waals surface area contributed by atoms with Crippen molar-refractivity contribution < 1.29 is 17.6 Å². The first-order valence-corrected chi connectivity index (χ1v) is 11.1. The van der Waals surface area contributed by atoms with Crippen LogP contribution in [0.5, 0.6) is 0 Å². The van der Waals surface area contributed by atoms with Crippen LogP contribution in [0.2, 0.25) is 0 Å². The number of nitrogens with one attached hydrogen (secondary N) is 2. The van der Waals surface area contributed by atoms with Gasteiger partial charge in [0.2, 0.25) is 10.0 Å². The molecular weight excluding hydrogens is 411 g/mol. The van der Waals surface area contributed by atoms with Crippen molar-refractivity contribution in [2.24, 2.45) is 0 Å². The quantitative estimate of drug-likeness (QED) is 0.533. The van der Waals surface area contributed by atoms with E-state index >= 15 is 0 Å². The second kappa shape index (κ2) is 9.13. The van der Waals surface area contributed by atoms with Crippen molar-refractivity contribution in [1.29, 1.82) is 0 Å². The Morgan fingerprint density at radius 1 is 1.14 bits per heavy atom. The summed E-state index contributed by atoms with van der Waals surface area (Å²) >= 11 is 1.39. The second-order valence-corrected chi connectivity index (χ2v) is 8.84. The molecule has 3 aromatic rings. The molecular formula is C21H19FN2O3S2. The Kier molecular flexibility index (Phi) is 6.58. The maximum Gasteiger partial charge on any atom is 0.251 e. The Morgan fingerprint density at radius 3 is 2.55 bits per heavy atom. The van der Waals surface area contributed by atoms with Crippen LogP contribution in [0.3, 0.4) is 0 Å². The summed E-state index contributed by atoms with van der Waals surface area (Å²) in [6, 6.07) is 14.4. The molecule has 0 saturated heterocycles. The lowest BCUT2D eigenvalue weighted by Gasteiger charge is -2.18. The zero-order chi connectivity index (χ0) is 20.9. The minimum absolute atomic E-state index is 0.0348. The summed E-state index contributed by atoms with van der Waals surface area (Å²) in [7, 11) is -3.96. The van der Waals surface area contributed by atoms with Crippen molar-refractivity contribution in [3.63, 3.8) is 0 Å². The third kappa shape index (κ3) is 5.17. The molecule has 1 unspecified atom stereocenters. The normalized spacial score (nSPS) is 12.3. The highest BCUT2D eigenvalue weighted by Gasteiger charge is 2.24. The maximum atomic E-state index is 13.3. The number of carbonyl (C=O) groups excluding carboxylic acids is 1. The highest BCUT2D eigenvalue weighted by molar-refractivity contribution is 7.89. The lowest BCUT2D eigenvalue weighted by atomic mass is 10.1. The average molecular weight is 431 g/mol. The van der Waals surface area contributed by atoms with E-state index in [-0.39, 0.29) is 17.0 Å². The molecule has 0 spiro atoms. The van der Waals surface area contributed by atoms with Crippen LogP contribution in [-0.2, 0) is 10.0 Å². The van der Waals surface area contributed by atoms with E-state index in [1.54, 1.807) is 18.2 Å². The largest absolute Gasteiger partial charge is 0.349 e. The number of rotatable bonds is 8. The molecule has 2 N–H and O–H groups in total. The van der Waals surface area contributed by atoms with Crippen molar-refractivity contribution in [2.75, 3.05) is 6.54 Å². The first kappa shape index (κ1) is 20.9. The molecule has 2 aromatic carbocycles. The van der Waals surface area contributed by atoms with Crippen LogP contribution in [-0.4, -0.2) is 20.9 Å². The lowest BCUT2D eigenvalue weighted by molar-refractivity contribution is 0.0958. The molecule has 0 radical (unpaired) electrons. The summed E-state index contributed by atoms with van der Waals surface area (Å²) in [6.45, 7) is 3.81. The Bertz CT molecular complexity index is 1100. The molecule has 1 amide bonds. The molecule has 1 heterocycles. The van der Waals surface area contributed by atoms with E-state index in [0.29, 0.717) is 5.56 Å². The SMILES string of the molecule is C=CCNC(=O)c1cccc(S(=O)(=O)NC(c2ccc(F)cc2)c2cccs2)c1. The minimum Gasteiger partial charge on any atom is -0.349 e. The van der Waals surface area contributed by atoms with Gasteiger partial charge >= 0.3 is 0 Å². The summed E-state index contributed by atoms with van der Waals surface area (Å²) in [4.78, 5) is 12.9. The van der Waals surface area contributed by atoms with Gasteiger partial charge in [0.1, 0.15) is 5.82 Å². The molecule has 1 atom stereocenters. The van der Waals surface area contributed by atoms with Crippen LogP contribution in [0.4, 0.5) is 4.39 Å². The van der Waals surface area contributed by atoms with Gasteiger partial charge in [-0.3, -0.25) is 4.79 Å². The third-order valence-electron chi connectivity index (χ3n) is 4.12. The molecule has 3 rings (SSSR count). The van der Waals surface area contributed by atoms with Crippen LogP contribution in [0, 0.1) is 5.82 Å². The van der Waals surface area contributed by atoms with Gasteiger partial charge in [-0.05, 0) is 47.3 Å². The van der Waals surface area contributed by atoms with Crippen LogP contribution in [0.1, 0.15) is 26.8 Å². The second-order valence-electron chi connectivity index (χ2n) is 6.15. The van der Waals surface area contributed by atoms with Crippen molar-refractivity contribution in [2.45, 2.75) is 10.9 Å². The molecule has 0 aliphatic rings. The van der Waals surface area contributed by atoms with Crippen molar-refractivity contribution >= 4 is 27.3 Å². The number of amides is 1. The first-order chi connectivity index (χ1) is 13.9. The summed E-state index contributed by atoms with van der Waals surface area (Å²) in [5.41, 5.74) is 0.835. The molecule has 0 bridgehead atoms. The molecule has 0 fully saturated rings. The van der Waals surface area contributed by atoms with E-state index in [9.17, 15) is 17.6 Å². The van der Waals surface area contributed by atoms with Crippen molar-refractivity contribution in [3.05, 3.63) is 101 Å². The Labute approximate surface area is 173 Å². The molecule has 0 aliphatic carbocycles. The van der Waals surface area contributed by atoms with Crippen LogP contribution >= 0.6 is 11.3 Å². The van der Waals surface area contributed by atoms with Gasteiger partial charge in [0.05, 0.1) is 10.9 Å². The van der Waals surface area contributed by atoms with E-state index in [1.165, 1.54) is 53.8 Å². The van der Waals surface area contributed by atoms with Gasteiger partial charge in [-0.2, -0.15) is 4.72 Å². The number of thiophene rings is 1. The molecule has 0 aliphatic heterocycles. The number of hydrogen-bond acceptors (Lipinski definition) is 4. The highest BCUT2D eigenvalue weighted by atomic mass is 32.2. The number of benzene rings is 2. The fraction of sp³-hybridized carbons (Fsp3) is 0.0952. The summed E-state index contributed by atoms with van der Waals surface area (Å²) < 4.78 is 42.1. The van der Waals surface area contributed by atoms with Crippen LogP contribution in [0.15, 0.2) is 83.6 Å². The molecule has 8 heteroatoms. The highest BCUT2D eigenvalue weighted by Crippen LogP contribution is 2.28. The van der Waals surface area contributed by atoms with E-state index in [0.717, 1.165) is 4.88 Å². The van der Waals surface area contributed by atoms with Crippen molar-refractivity contribution in [3.8, 4) is 0 Å². The smallest absolute Gasteiger partial charge is 0.251 e. The minimum atomic E-state index is -3.96. The van der Waals surface area contributed by atoms with Gasteiger partial charge in [-0.1, -0.05) is 30.3 Å². The van der Waals surface area contributed by atoms with E-state index < -0.39 is 27.8 Å². The summed E-state index contributed by atoms with van der Waals surface area (Å²) in [6.07, 6.45) is 1.54. The topological polar surface area (TPSA) is 75.3 Å². The summed E-state index contributed by atoms with van der Waals surface area (Å²) in [5, 5.41) is 4.45. The predicted molar refractivity (Wildman–Crippen MR) is 112 cm³/mol. The summed E-state index contributed by atoms with van der Waals surface area (Å²) in [5.74, 6) is -0.796. The average Bonchev–Trinajstić information content (AvgIpc) is 3.26. The number of hydrogen-bond donors (Lipinski definition) is 2. The fourth-order valence-electron chi connectivity index (χ4n) is 2.70. The van der Waals surface area contributed by atoms with Gasteiger partial charge in [0.25, 0.3) is 5.91 Å². The van der Waals surface area contributed by atoms with Crippen molar-refractivity contribution in [1.82, 2.24) is 10.0 Å². The van der Waals surface area contributed by atoms with E-state index in [1.807, 2.05) is 11.4 Å². The monoisotopic (exact) mass is 430 g/mol. The van der Waals surface area contributed by atoms with E-state index in [2.05, 4.69) is 16.6 Å². The maximum absolute atomic E-state index is 13.3. The molecule has 5 nitrogen and oxygen atoms in total. The number of sulfonamides is 1. The number of carbonyl (C=O) groups is 1. The number of halogens is 1. The van der Waals surface area contributed by atoms with Crippen LogP contribution < -0.4 is 10.0 Å². The first-order valence-electron chi connectivity index (χ1n) is 8.71. The Hall–Kier alpha value is -2.81. The van der Waals surface area contributed by atoms with Gasteiger partial charge in [0, 0.05) is 17.0 Å². The van der Waals surface area contributed by atoms with Crippen LogP contribution in [0.25, 0.3) is 0 Å². The van der Waals surface area contributed by atoms with Gasteiger partial charge in [-0.15, -0.1) is 17.9 Å². The molecule has 29 heavy (non-hydrogen) atoms. The Balaban J connectivity index is 1.92. The Morgan fingerprint density at radius 2 is 1.90 bits per heavy atom. The standard InChI is InChI=1S/C21H19FN2O3S2/c1-2-12-23-21(25)16-5-3-6-18(14-16)29(26,27)24-20(19-7-4-13-28-19)15-8-10-17(22)11-9-15/h2-11,13-14,20,24H,1,12H2,(H,23,25). The molecule has 1 aromatic heterocycles. The predicted octanol–water partition coefficient (Wildman–Crippen LogP) is 3.87. The fourth-order valence-corrected chi connectivity index (χ4v) is 4.82. The molecule has 150 valence electrons. The third-order valence-corrected chi connectivity index (χ3v) is 6.48. The zero-order valence-electron chi connectivity index (χ0n) is 15.3. The van der Waals surface area contributed by atoms with Gasteiger partial charge in [-0.25, -0.2) is 12.8 Å². The van der Waals surface area contributed by atoms with E-state index in [4.69, 9.17) is 0 Å². The molecule has 0 saturated carbocycles. The lowest BCUT2D eigenvalue weighted by Crippen LogP contribution is -2.29. The van der Waals surface area contributed by atoms with Gasteiger partial charge < -0.3 is 5.32 Å².